The maximum Gasteiger partial charge on any atom is 0.131 e. The van der Waals surface area contributed by atoms with Gasteiger partial charge in [-0.1, -0.05) is 6.07 Å². The van der Waals surface area contributed by atoms with Crippen LogP contribution in [-0.2, 0) is 13.6 Å². The highest BCUT2D eigenvalue weighted by atomic mass is 15.1. The van der Waals surface area contributed by atoms with Gasteiger partial charge in [-0.3, -0.25) is 4.90 Å². The highest BCUT2D eigenvalue weighted by Crippen LogP contribution is 2.29. The Morgan fingerprint density at radius 2 is 1.96 bits per heavy atom. The highest BCUT2D eigenvalue weighted by molar-refractivity contribution is 5.52. The van der Waals surface area contributed by atoms with Crippen LogP contribution in [0.1, 0.15) is 35.7 Å². The molecular formula is C21H26N6. The van der Waals surface area contributed by atoms with E-state index in [-0.39, 0.29) is 0 Å². The minimum absolute atomic E-state index is 0.582. The van der Waals surface area contributed by atoms with Crippen LogP contribution in [0.2, 0.25) is 0 Å². The third kappa shape index (κ3) is 4.52. The van der Waals surface area contributed by atoms with Crippen LogP contribution in [0.25, 0.3) is 0 Å². The Morgan fingerprint density at radius 3 is 2.70 bits per heavy atom. The molecule has 1 N–H and O–H groups in total. The molecule has 27 heavy (non-hydrogen) atoms. The molecular weight excluding hydrogens is 336 g/mol. The number of pyridine rings is 2. The molecule has 0 aliphatic carbocycles. The average molecular weight is 362 g/mol. The van der Waals surface area contributed by atoms with Gasteiger partial charge in [-0.25, -0.2) is 15.0 Å². The lowest BCUT2D eigenvalue weighted by Crippen LogP contribution is -2.32. The largest absolute Gasteiger partial charge is 0.340 e. The Balaban J connectivity index is 1.37. The summed E-state index contributed by atoms with van der Waals surface area (Å²) >= 11 is 0. The second kappa shape index (κ2) is 7.88. The standard InChI is InChI=1S/C21H26N6/c1-16-4-3-5-20(24-16)25-21-12-18(6-9-22-21)17-7-10-27(11-8-17)14-19-13-26(2)15-23-19/h3-6,9,12-13,15,17H,7-8,10-11,14H2,1-2H3,(H,22,24,25). The predicted molar refractivity (Wildman–Crippen MR) is 107 cm³/mol. The number of likely N-dealkylation sites (tertiary alicyclic amines) is 1. The number of piperidine rings is 1. The first-order valence-corrected chi connectivity index (χ1v) is 9.51. The molecule has 1 aliphatic rings. The number of hydrogen-bond acceptors (Lipinski definition) is 5. The van der Waals surface area contributed by atoms with Crippen LogP contribution in [0.4, 0.5) is 11.6 Å². The second-order valence-electron chi connectivity index (χ2n) is 7.34. The molecule has 3 aromatic heterocycles. The lowest BCUT2D eigenvalue weighted by atomic mass is 9.90. The van der Waals surface area contributed by atoms with Crippen molar-refractivity contribution in [3.8, 4) is 0 Å². The molecule has 1 fully saturated rings. The van der Waals surface area contributed by atoms with E-state index in [4.69, 9.17) is 0 Å². The minimum atomic E-state index is 0.582. The first-order chi connectivity index (χ1) is 13.2. The van der Waals surface area contributed by atoms with Gasteiger partial charge in [0.2, 0.25) is 0 Å². The molecule has 0 unspecified atom stereocenters. The molecule has 1 aliphatic heterocycles. The number of hydrogen-bond donors (Lipinski definition) is 1. The van der Waals surface area contributed by atoms with E-state index in [1.165, 1.54) is 18.4 Å². The summed E-state index contributed by atoms with van der Waals surface area (Å²) in [7, 11) is 2.02. The van der Waals surface area contributed by atoms with Crippen LogP contribution in [0.5, 0.6) is 0 Å². The SMILES string of the molecule is Cc1cccc(Nc2cc(C3CCN(Cc4cn(C)cn4)CC3)ccn2)n1. The Kier molecular flexibility index (Phi) is 5.16. The quantitative estimate of drug-likeness (QED) is 0.751. The van der Waals surface area contributed by atoms with Gasteiger partial charge >= 0.3 is 0 Å². The molecule has 4 rings (SSSR count). The van der Waals surface area contributed by atoms with Gasteiger partial charge in [-0.05, 0) is 68.6 Å². The summed E-state index contributed by atoms with van der Waals surface area (Å²) in [5.74, 6) is 2.28. The fourth-order valence-electron chi connectivity index (χ4n) is 3.72. The molecule has 0 saturated carbocycles. The van der Waals surface area contributed by atoms with Gasteiger partial charge in [-0.2, -0.15) is 0 Å². The van der Waals surface area contributed by atoms with Crippen molar-refractivity contribution in [1.29, 1.82) is 0 Å². The number of nitrogens with zero attached hydrogens (tertiary/aromatic N) is 5. The summed E-state index contributed by atoms with van der Waals surface area (Å²) in [6.45, 7) is 5.14. The van der Waals surface area contributed by atoms with Crippen LogP contribution in [0.15, 0.2) is 49.1 Å². The highest BCUT2D eigenvalue weighted by Gasteiger charge is 2.21. The van der Waals surface area contributed by atoms with Crippen LogP contribution in [0, 0.1) is 6.92 Å². The van der Waals surface area contributed by atoms with Crippen molar-refractivity contribution in [3.63, 3.8) is 0 Å². The van der Waals surface area contributed by atoms with Gasteiger partial charge in [0, 0.05) is 31.7 Å². The molecule has 140 valence electrons. The number of imidazole rings is 1. The molecule has 6 nitrogen and oxygen atoms in total. The maximum absolute atomic E-state index is 4.50. The lowest BCUT2D eigenvalue weighted by molar-refractivity contribution is 0.203. The predicted octanol–water partition coefficient (Wildman–Crippen LogP) is 3.64. The zero-order chi connectivity index (χ0) is 18.6. The van der Waals surface area contributed by atoms with E-state index in [0.29, 0.717) is 5.92 Å². The minimum Gasteiger partial charge on any atom is -0.340 e. The van der Waals surface area contributed by atoms with E-state index in [1.807, 2.05) is 49.3 Å². The monoisotopic (exact) mass is 362 g/mol. The van der Waals surface area contributed by atoms with Crippen molar-refractivity contribution in [1.82, 2.24) is 24.4 Å². The smallest absolute Gasteiger partial charge is 0.131 e. The maximum atomic E-state index is 4.50. The van der Waals surface area contributed by atoms with E-state index in [9.17, 15) is 0 Å². The molecule has 3 aromatic rings. The Hall–Kier alpha value is -2.73. The number of anilines is 2. The fraction of sp³-hybridized carbons (Fsp3) is 0.381. The summed E-state index contributed by atoms with van der Waals surface area (Å²) in [6.07, 6.45) is 8.20. The van der Waals surface area contributed by atoms with Gasteiger partial charge < -0.3 is 9.88 Å². The van der Waals surface area contributed by atoms with Gasteiger partial charge in [0.25, 0.3) is 0 Å². The number of aryl methyl sites for hydroxylation is 2. The molecule has 0 bridgehead atoms. The van der Waals surface area contributed by atoms with Gasteiger partial charge in [0.1, 0.15) is 11.6 Å². The molecule has 1 saturated heterocycles. The number of nitrogens with one attached hydrogen (secondary N) is 1. The van der Waals surface area contributed by atoms with Crippen molar-refractivity contribution in [2.24, 2.45) is 7.05 Å². The Labute approximate surface area is 160 Å². The second-order valence-corrected chi connectivity index (χ2v) is 7.34. The third-order valence-electron chi connectivity index (χ3n) is 5.13. The van der Waals surface area contributed by atoms with Gasteiger partial charge in [-0.15, -0.1) is 0 Å². The van der Waals surface area contributed by atoms with Crippen LogP contribution < -0.4 is 5.32 Å². The normalized spacial score (nSPS) is 15.8. The first-order valence-electron chi connectivity index (χ1n) is 9.51. The van der Waals surface area contributed by atoms with E-state index >= 15 is 0 Å². The summed E-state index contributed by atoms with van der Waals surface area (Å²) in [4.78, 5) is 15.9. The molecule has 0 spiro atoms. The van der Waals surface area contributed by atoms with Gasteiger partial charge in [0.15, 0.2) is 0 Å². The summed E-state index contributed by atoms with van der Waals surface area (Å²) < 4.78 is 2.01. The Bertz CT molecular complexity index is 895. The van der Waals surface area contributed by atoms with Crippen molar-refractivity contribution in [3.05, 3.63) is 66.0 Å². The van der Waals surface area contributed by atoms with Crippen LogP contribution in [0.3, 0.4) is 0 Å². The summed E-state index contributed by atoms with van der Waals surface area (Å²) in [6, 6.07) is 10.3. The van der Waals surface area contributed by atoms with Gasteiger partial charge in [0.05, 0.1) is 12.0 Å². The molecule has 6 heteroatoms. The number of aromatic nitrogens is 4. The third-order valence-corrected chi connectivity index (χ3v) is 5.13. The molecule has 0 atom stereocenters. The first kappa shape index (κ1) is 17.7. The lowest BCUT2D eigenvalue weighted by Gasteiger charge is -2.31. The summed E-state index contributed by atoms with van der Waals surface area (Å²) in [5, 5.41) is 3.32. The van der Waals surface area contributed by atoms with E-state index in [2.05, 4.69) is 43.5 Å². The van der Waals surface area contributed by atoms with E-state index in [0.717, 1.165) is 42.7 Å². The zero-order valence-corrected chi connectivity index (χ0v) is 16.0. The van der Waals surface area contributed by atoms with Crippen molar-refractivity contribution >= 4 is 11.6 Å². The van der Waals surface area contributed by atoms with Crippen LogP contribution in [-0.4, -0.2) is 37.5 Å². The molecule has 4 heterocycles. The summed E-state index contributed by atoms with van der Waals surface area (Å²) in [5.41, 5.74) is 3.51. The van der Waals surface area contributed by atoms with Crippen molar-refractivity contribution < 1.29 is 0 Å². The van der Waals surface area contributed by atoms with Crippen LogP contribution >= 0.6 is 0 Å². The number of rotatable bonds is 5. The van der Waals surface area contributed by atoms with Crippen molar-refractivity contribution in [2.45, 2.75) is 32.2 Å². The molecule has 0 aromatic carbocycles. The zero-order valence-electron chi connectivity index (χ0n) is 16.0. The topological polar surface area (TPSA) is 58.9 Å². The average Bonchev–Trinajstić information content (AvgIpc) is 3.07. The molecule has 0 amide bonds. The Morgan fingerprint density at radius 1 is 1.11 bits per heavy atom. The van der Waals surface area contributed by atoms with Crippen molar-refractivity contribution in [2.75, 3.05) is 18.4 Å². The molecule has 0 radical (unpaired) electrons. The fourth-order valence-corrected chi connectivity index (χ4v) is 3.72. The van der Waals surface area contributed by atoms with E-state index in [1.54, 1.807) is 0 Å². The van der Waals surface area contributed by atoms with E-state index < -0.39 is 0 Å².